The quantitative estimate of drug-likeness (QED) is 0.823. The molecular formula is C14H21ClN4. The summed E-state index contributed by atoms with van der Waals surface area (Å²) < 4.78 is 1.89. The normalized spacial score (nSPS) is 13.1. The smallest absolute Gasteiger partial charge is 0.152 e. The standard InChI is InChI=1S/C14H21ClN4/c1-10(2)12-8-13-14(16-6-7-19(13)18-12)17-9-11(3)4-5-15/h6-8,10-11H,4-5,9H2,1-3H3,(H,16,17). The van der Waals surface area contributed by atoms with Crippen molar-refractivity contribution in [3.05, 3.63) is 24.2 Å². The Morgan fingerprint density at radius 2 is 2.16 bits per heavy atom. The molecule has 2 rings (SSSR count). The molecule has 5 heteroatoms. The number of aromatic nitrogens is 3. The third-order valence-corrected chi connectivity index (χ3v) is 3.44. The minimum absolute atomic E-state index is 0.419. The lowest BCUT2D eigenvalue weighted by Crippen LogP contribution is -2.13. The first-order valence-corrected chi connectivity index (χ1v) is 7.29. The van der Waals surface area contributed by atoms with Crippen LogP contribution in [0.3, 0.4) is 0 Å². The number of hydrogen-bond donors (Lipinski definition) is 1. The molecule has 0 radical (unpaired) electrons. The summed E-state index contributed by atoms with van der Waals surface area (Å²) >= 11 is 5.75. The third kappa shape index (κ3) is 3.38. The number of nitrogens with one attached hydrogen (secondary N) is 1. The molecular weight excluding hydrogens is 260 g/mol. The highest BCUT2D eigenvalue weighted by molar-refractivity contribution is 6.17. The van der Waals surface area contributed by atoms with Gasteiger partial charge in [-0.1, -0.05) is 20.8 Å². The van der Waals surface area contributed by atoms with Gasteiger partial charge in [0.2, 0.25) is 0 Å². The molecule has 0 amide bonds. The van der Waals surface area contributed by atoms with Gasteiger partial charge in [0.15, 0.2) is 5.82 Å². The fourth-order valence-corrected chi connectivity index (χ4v) is 2.29. The molecule has 2 aromatic heterocycles. The molecule has 0 bridgehead atoms. The maximum atomic E-state index is 5.75. The SMILES string of the molecule is CC(CCCl)CNc1nccn2nc(C(C)C)cc12. The number of nitrogens with zero attached hydrogens (tertiary/aromatic N) is 3. The van der Waals surface area contributed by atoms with Crippen molar-refractivity contribution in [1.29, 1.82) is 0 Å². The second-order valence-corrected chi connectivity index (χ2v) is 5.67. The van der Waals surface area contributed by atoms with Crippen LogP contribution in [0, 0.1) is 5.92 Å². The Bertz CT molecular complexity index is 535. The molecule has 2 aromatic rings. The van der Waals surface area contributed by atoms with E-state index in [4.69, 9.17) is 11.6 Å². The molecule has 1 unspecified atom stereocenters. The van der Waals surface area contributed by atoms with Gasteiger partial charge in [-0.2, -0.15) is 5.10 Å². The Hall–Kier alpha value is -1.29. The molecule has 4 nitrogen and oxygen atoms in total. The highest BCUT2D eigenvalue weighted by atomic mass is 35.5. The van der Waals surface area contributed by atoms with E-state index in [-0.39, 0.29) is 0 Å². The van der Waals surface area contributed by atoms with E-state index in [1.54, 1.807) is 6.20 Å². The van der Waals surface area contributed by atoms with Crippen molar-refractivity contribution in [3.8, 4) is 0 Å². The lowest BCUT2D eigenvalue weighted by Gasteiger charge is -2.11. The largest absolute Gasteiger partial charge is 0.368 e. The predicted octanol–water partition coefficient (Wildman–Crippen LogP) is 3.53. The molecule has 0 aliphatic carbocycles. The summed E-state index contributed by atoms with van der Waals surface area (Å²) in [4.78, 5) is 4.41. The monoisotopic (exact) mass is 280 g/mol. The van der Waals surface area contributed by atoms with Gasteiger partial charge in [-0.15, -0.1) is 11.6 Å². The first-order valence-electron chi connectivity index (χ1n) is 6.76. The first-order chi connectivity index (χ1) is 9.11. The molecule has 0 aliphatic heterocycles. The van der Waals surface area contributed by atoms with Crippen LogP contribution in [0.2, 0.25) is 0 Å². The van der Waals surface area contributed by atoms with E-state index in [1.807, 2.05) is 10.7 Å². The molecule has 0 aliphatic rings. The highest BCUT2D eigenvalue weighted by Crippen LogP contribution is 2.20. The third-order valence-electron chi connectivity index (χ3n) is 3.22. The Kier molecular flexibility index (Phi) is 4.64. The first kappa shape index (κ1) is 14.1. The Morgan fingerprint density at radius 3 is 2.84 bits per heavy atom. The second-order valence-electron chi connectivity index (χ2n) is 5.29. The zero-order chi connectivity index (χ0) is 13.8. The fraction of sp³-hybridized carbons (Fsp3) is 0.571. The van der Waals surface area contributed by atoms with Crippen molar-refractivity contribution in [2.45, 2.75) is 33.1 Å². The van der Waals surface area contributed by atoms with Gasteiger partial charge in [0.1, 0.15) is 5.52 Å². The average molecular weight is 281 g/mol. The number of anilines is 1. The van der Waals surface area contributed by atoms with Crippen LogP contribution in [0.4, 0.5) is 5.82 Å². The van der Waals surface area contributed by atoms with Gasteiger partial charge >= 0.3 is 0 Å². The van der Waals surface area contributed by atoms with E-state index in [9.17, 15) is 0 Å². The van der Waals surface area contributed by atoms with Crippen LogP contribution >= 0.6 is 11.6 Å². The highest BCUT2D eigenvalue weighted by Gasteiger charge is 2.10. The fourth-order valence-electron chi connectivity index (χ4n) is 1.92. The predicted molar refractivity (Wildman–Crippen MR) is 80.1 cm³/mol. The summed E-state index contributed by atoms with van der Waals surface area (Å²) in [5.74, 6) is 2.54. The summed E-state index contributed by atoms with van der Waals surface area (Å²) in [6, 6.07) is 2.10. The van der Waals surface area contributed by atoms with E-state index < -0.39 is 0 Å². The van der Waals surface area contributed by atoms with Crippen molar-refractivity contribution >= 4 is 22.9 Å². The summed E-state index contributed by atoms with van der Waals surface area (Å²) in [5.41, 5.74) is 2.12. The molecule has 1 atom stereocenters. The molecule has 104 valence electrons. The van der Waals surface area contributed by atoms with Crippen LogP contribution in [-0.2, 0) is 0 Å². The maximum Gasteiger partial charge on any atom is 0.152 e. The Morgan fingerprint density at radius 1 is 1.37 bits per heavy atom. The van der Waals surface area contributed by atoms with Gasteiger partial charge in [-0.25, -0.2) is 9.50 Å². The maximum absolute atomic E-state index is 5.75. The molecule has 2 heterocycles. The van der Waals surface area contributed by atoms with Gasteiger partial charge in [-0.05, 0) is 24.3 Å². The van der Waals surface area contributed by atoms with Crippen molar-refractivity contribution in [3.63, 3.8) is 0 Å². The lowest BCUT2D eigenvalue weighted by molar-refractivity contribution is 0.596. The molecule has 0 saturated heterocycles. The van der Waals surface area contributed by atoms with Crippen LogP contribution in [0.5, 0.6) is 0 Å². The molecule has 0 fully saturated rings. The van der Waals surface area contributed by atoms with E-state index in [1.165, 1.54) is 0 Å². The van der Waals surface area contributed by atoms with Crippen molar-refractivity contribution < 1.29 is 0 Å². The summed E-state index contributed by atoms with van der Waals surface area (Å²) in [6.07, 6.45) is 4.67. The summed E-state index contributed by atoms with van der Waals surface area (Å²) in [5, 5.41) is 7.95. The van der Waals surface area contributed by atoms with Crippen LogP contribution in [0.1, 0.15) is 38.8 Å². The number of hydrogen-bond acceptors (Lipinski definition) is 3. The molecule has 0 saturated carbocycles. The molecule has 19 heavy (non-hydrogen) atoms. The van der Waals surface area contributed by atoms with Gasteiger partial charge in [0, 0.05) is 24.8 Å². The summed E-state index contributed by atoms with van der Waals surface area (Å²) in [7, 11) is 0. The lowest BCUT2D eigenvalue weighted by atomic mass is 10.1. The van der Waals surface area contributed by atoms with Crippen LogP contribution in [0.15, 0.2) is 18.5 Å². The van der Waals surface area contributed by atoms with Crippen LogP contribution < -0.4 is 5.32 Å². The molecule has 0 aromatic carbocycles. The van der Waals surface area contributed by atoms with E-state index in [2.05, 4.69) is 42.2 Å². The number of halogens is 1. The number of alkyl halides is 1. The Labute approximate surface area is 119 Å². The van der Waals surface area contributed by atoms with E-state index in [0.717, 1.165) is 30.0 Å². The molecule has 1 N–H and O–H groups in total. The van der Waals surface area contributed by atoms with Gasteiger partial charge in [0.25, 0.3) is 0 Å². The van der Waals surface area contributed by atoms with E-state index in [0.29, 0.717) is 17.7 Å². The van der Waals surface area contributed by atoms with Gasteiger partial charge in [-0.3, -0.25) is 0 Å². The Balaban J connectivity index is 2.18. The van der Waals surface area contributed by atoms with Crippen LogP contribution in [0.25, 0.3) is 5.52 Å². The minimum atomic E-state index is 0.419. The van der Waals surface area contributed by atoms with Crippen molar-refractivity contribution in [2.24, 2.45) is 5.92 Å². The van der Waals surface area contributed by atoms with Crippen LogP contribution in [-0.4, -0.2) is 27.0 Å². The molecule has 0 spiro atoms. The topological polar surface area (TPSA) is 42.2 Å². The van der Waals surface area contributed by atoms with Crippen molar-refractivity contribution in [2.75, 3.05) is 17.7 Å². The number of fused-ring (bicyclic) bond motifs is 1. The number of rotatable bonds is 6. The zero-order valence-electron chi connectivity index (χ0n) is 11.7. The van der Waals surface area contributed by atoms with Gasteiger partial charge in [0.05, 0.1) is 5.69 Å². The van der Waals surface area contributed by atoms with Crippen molar-refractivity contribution in [1.82, 2.24) is 14.6 Å². The van der Waals surface area contributed by atoms with Gasteiger partial charge < -0.3 is 5.32 Å². The average Bonchev–Trinajstić information content (AvgIpc) is 2.81. The minimum Gasteiger partial charge on any atom is -0.368 e. The van der Waals surface area contributed by atoms with E-state index >= 15 is 0 Å². The second kappa shape index (κ2) is 6.24. The summed E-state index contributed by atoms with van der Waals surface area (Å²) in [6.45, 7) is 7.35. The zero-order valence-corrected chi connectivity index (χ0v) is 12.5.